The molecular weight excluding hydrogens is 230 g/mol. The van der Waals surface area contributed by atoms with Crippen molar-refractivity contribution in [3.8, 4) is 0 Å². The minimum absolute atomic E-state index is 0.0333. The predicted molar refractivity (Wildman–Crippen MR) is 67.8 cm³/mol. The van der Waals surface area contributed by atoms with Gasteiger partial charge in [-0.05, 0) is 38.5 Å². The molecule has 2 aliphatic heterocycles. The maximum absolute atomic E-state index is 12.1. The van der Waals surface area contributed by atoms with Gasteiger partial charge in [-0.15, -0.1) is 0 Å². The van der Waals surface area contributed by atoms with Crippen LogP contribution >= 0.6 is 0 Å². The summed E-state index contributed by atoms with van der Waals surface area (Å²) in [6.45, 7) is 6.17. The van der Waals surface area contributed by atoms with Crippen molar-refractivity contribution in [3.05, 3.63) is 0 Å². The Hall–Kier alpha value is -0.900. The zero-order valence-electron chi connectivity index (χ0n) is 11.5. The van der Waals surface area contributed by atoms with Gasteiger partial charge in [0.2, 0.25) is 11.8 Å². The molecule has 102 valence electrons. The number of rotatable bonds is 2. The number of hydrogen-bond acceptors (Lipinski definition) is 3. The molecule has 2 fully saturated rings. The number of piperidine rings is 1. The average Bonchev–Trinajstić information content (AvgIpc) is 2.21. The number of carbonyl (C=O) groups excluding carboxylic acids is 2. The second kappa shape index (κ2) is 5.00. The summed E-state index contributed by atoms with van der Waals surface area (Å²) in [5.41, 5.74) is -0.174. The minimum atomic E-state index is -0.174. The van der Waals surface area contributed by atoms with Gasteiger partial charge in [-0.25, -0.2) is 0 Å². The van der Waals surface area contributed by atoms with Crippen molar-refractivity contribution in [3.63, 3.8) is 0 Å². The molecule has 2 saturated heterocycles. The van der Waals surface area contributed by atoms with E-state index in [4.69, 9.17) is 4.74 Å². The minimum Gasteiger partial charge on any atom is -0.376 e. The van der Waals surface area contributed by atoms with Crippen molar-refractivity contribution >= 4 is 11.8 Å². The summed E-state index contributed by atoms with van der Waals surface area (Å²) in [5.74, 6) is -0.225. The van der Waals surface area contributed by atoms with E-state index in [1.165, 1.54) is 0 Å². The lowest BCUT2D eigenvalue weighted by Gasteiger charge is -2.48. The third-order valence-corrected chi connectivity index (χ3v) is 4.26. The SMILES string of the molecule is CCCC1C(=O)NC(=O)CC12CC(C)OC(C)C2. The number of hydrogen-bond donors (Lipinski definition) is 1. The highest BCUT2D eigenvalue weighted by molar-refractivity contribution is 5.99. The Labute approximate surface area is 108 Å². The number of amides is 2. The van der Waals surface area contributed by atoms with Crippen LogP contribution in [-0.4, -0.2) is 24.0 Å². The van der Waals surface area contributed by atoms with Crippen LogP contribution in [0, 0.1) is 11.3 Å². The van der Waals surface area contributed by atoms with Gasteiger partial charge < -0.3 is 4.74 Å². The molecule has 0 saturated carbocycles. The molecule has 2 aliphatic rings. The quantitative estimate of drug-likeness (QED) is 0.766. The fraction of sp³-hybridized carbons (Fsp3) is 0.857. The van der Waals surface area contributed by atoms with Crippen LogP contribution in [0.1, 0.15) is 52.9 Å². The molecule has 2 heterocycles. The molecule has 0 aliphatic carbocycles. The topological polar surface area (TPSA) is 55.4 Å². The van der Waals surface area contributed by atoms with Gasteiger partial charge in [-0.1, -0.05) is 13.3 Å². The van der Waals surface area contributed by atoms with E-state index in [-0.39, 0.29) is 35.4 Å². The molecule has 3 unspecified atom stereocenters. The summed E-state index contributed by atoms with van der Waals surface area (Å²) in [6, 6.07) is 0. The first-order valence-electron chi connectivity index (χ1n) is 6.96. The van der Waals surface area contributed by atoms with Crippen molar-refractivity contribution in [2.75, 3.05) is 0 Å². The third kappa shape index (κ3) is 2.44. The standard InChI is InChI=1S/C14H23NO3/c1-4-5-11-13(17)15-12(16)8-14(11)6-9(2)18-10(3)7-14/h9-11H,4-8H2,1-3H3,(H,15,16,17). The molecule has 0 aromatic carbocycles. The fourth-order valence-corrected chi connectivity index (χ4v) is 3.87. The summed E-state index contributed by atoms with van der Waals surface area (Å²) < 4.78 is 5.77. The monoisotopic (exact) mass is 253 g/mol. The van der Waals surface area contributed by atoms with Gasteiger partial charge in [0.15, 0.2) is 0 Å². The zero-order valence-corrected chi connectivity index (χ0v) is 11.5. The van der Waals surface area contributed by atoms with Gasteiger partial charge in [0.25, 0.3) is 0 Å². The summed E-state index contributed by atoms with van der Waals surface area (Å²) in [5, 5.41) is 2.50. The zero-order chi connectivity index (χ0) is 13.3. The predicted octanol–water partition coefficient (Wildman–Crippen LogP) is 2.02. The summed E-state index contributed by atoms with van der Waals surface area (Å²) >= 11 is 0. The van der Waals surface area contributed by atoms with Crippen LogP contribution in [0.15, 0.2) is 0 Å². The van der Waals surface area contributed by atoms with Crippen LogP contribution in [0.4, 0.5) is 0 Å². The maximum atomic E-state index is 12.1. The Kier molecular flexibility index (Phi) is 3.76. The van der Waals surface area contributed by atoms with Crippen LogP contribution in [-0.2, 0) is 14.3 Å². The summed E-state index contributed by atoms with van der Waals surface area (Å²) in [7, 11) is 0. The molecule has 4 nitrogen and oxygen atoms in total. The Morgan fingerprint density at radius 3 is 2.44 bits per heavy atom. The third-order valence-electron chi connectivity index (χ3n) is 4.26. The molecule has 0 aromatic rings. The van der Waals surface area contributed by atoms with Crippen molar-refractivity contribution in [2.45, 2.75) is 65.1 Å². The Bertz CT molecular complexity index is 343. The van der Waals surface area contributed by atoms with Crippen LogP contribution < -0.4 is 5.32 Å². The first-order chi connectivity index (χ1) is 8.47. The number of nitrogens with one attached hydrogen (secondary N) is 1. The van der Waals surface area contributed by atoms with Crippen molar-refractivity contribution in [1.82, 2.24) is 5.32 Å². The van der Waals surface area contributed by atoms with E-state index < -0.39 is 0 Å². The Morgan fingerprint density at radius 2 is 1.89 bits per heavy atom. The van der Waals surface area contributed by atoms with Crippen LogP contribution in [0.5, 0.6) is 0 Å². The van der Waals surface area contributed by atoms with Crippen LogP contribution in [0.2, 0.25) is 0 Å². The summed E-state index contributed by atoms with van der Waals surface area (Å²) in [6.07, 6.45) is 4.21. The van der Waals surface area contributed by atoms with E-state index in [0.29, 0.717) is 6.42 Å². The molecular formula is C14H23NO3. The van der Waals surface area contributed by atoms with Gasteiger partial charge in [-0.2, -0.15) is 0 Å². The lowest BCUT2D eigenvalue weighted by molar-refractivity contribution is -0.158. The van der Waals surface area contributed by atoms with Gasteiger partial charge in [-0.3, -0.25) is 14.9 Å². The highest BCUT2D eigenvalue weighted by atomic mass is 16.5. The van der Waals surface area contributed by atoms with Gasteiger partial charge in [0, 0.05) is 12.3 Å². The summed E-state index contributed by atoms with van der Waals surface area (Å²) in [4.78, 5) is 23.8. The normalized spacial score (nSPS) is 40.9. The molecule has 2 rings (SSSR count). The van der Waals surface area contributed by atoms with E-state index in [1.54, 1.807) is 0 Å². The van der Waals surface area contributed by atoms with Gasteiger partial charge >= 0.3 is 0 Å². The van der Waals surface area contributed by atoms with Gasteiger partial charge in [0.05, 0.1) is 12.2 Å². The Morgan fingerprint density at radius 1 is 1.28 bits per heavy atom. The molecule has 0 aromatic heterocycles. The molecule has 0 radical (unpaired) electrons. The lowest BCUT2D eigenvalue weighted by atomic mass is 9.61. The number of ether oxygens (including phenoxy) is 1. The highest BCUT2D eigenvalue weighted by Gasteiger charge is 2.51. The first-order valence-corrected chi connectivity index (χ1v) is 6.96. The smallest absolute Gasteiger partial charge is 0.230 e. The lowest BCUT2D eigenvalue weighted by Crippen LogP contribution is -2.56. The molecule has 18 heavy (non-hydrogen) atoms. The van der Waals surface area contributed by atoms with Crippen LogP contribution in [0.3, 0.4) is 0 Å². The highest BCUT2D eigenvalue weighted by Crippen LogP contribution is 2.48. The van der Waals surface area contributed by atoms with Crippen molar-refractivity contribution in [2.24, 2.45) is 11.3 Å². The average molecular weight is 253 g/mol. The van der Waals surface area contributed by atoms with Gasteiger partial charge in [0.1, 0.15) is 0 Å². The molecule has 0 bridgehead atoms. The molecule has 1 N–H and O–H groups in total. The van der Waals surface area contributed by atoms with Crippen molar-refractivity contribution < 1.29 is 14.3 Å². The number of imide groups is 1. The van der Waals surface area contributed by atoms with E-state index in [0.717, 1.165) is 25.7 Å². The van der Waals surface area contributed by atoms with Crippen molar-refractivity contribution in [1.29, 1.82) is 0 Å². The number of carbonyl (C=O) groups is 2. The van der Waals surface area contributed by atoms with E-state index in [1.807, 2.05) is 13.8 Å². The van der Waals surface area contributed by atoms with Crippen LogP contribution in [0.25, 0.3) is 0 Å². The largest absolute Gasteiger partial charge is 0.376 e. The molecule has 2 amide bonds. The fourth-order valence-electron chi connectivity index (χ4n) is 3.87. The Balaban J connectivity index is 2.29. The van der Waals surface area contributed by atoms with E-state index >= 15 is 0 Å². The first kappa shape index (κ1) is 13.5. The second-order valence-electron chi connectivity index (χ2n) is 5.96. The van der Waals surface area contributed by atoms with E-state index in [9.17, 15) is 9.59 Å². The molecule has 1 spiro atoms. The maximum Gasteiger partial charge on any atom is 0.230 e. The van der Waals surface area contributed by atoms with E-state index in [2.05, 4.69) is 12.2 Å². The second-order valence-corrected chi connectivity index (χ2v) is 5.96. The molecule has 3 atom stereocenters. The molecule has 4 heteroatoms.